The number of rotatable bonds is 3. The highest BCUT2D eigenvalue weighted by Gasteiger charge is 2.21. The molecule has 0 unspecified atom stereocenters. The fourth-order valence-corrected chi connectivity index (χ4v) is 3.17. The molecule has 0 saturated heterocycles. The van der Waals surface area contributed by atoms with Crippen LogP contribution in [0.5, 0.6) is 5.75 Å². The SMILES string of the molecule is CCSC1=N/C(=C/c2ccc(OC)cc2)C(=O)S1. The molecule has 3 nitrogen and oxygen atoms in total. The van der Waals surface area contributed by atoms with Crippen LogP contribution in [0.15, 0.2) is 35.0 Å². The molecule has 0 atom stereocenters. The van der Waals surface area contributed by atoms with Crippen molar-refractivity contribution in [3.05, 3.63) is 35.5 Å². The molecule has 1 aliphatic rings. The summed E-state index contributed by atoms with van der Waals surface area (Å²) in [6.07, 6.45) is 1.80. The van der Waals surface area contributed by atoms with Gasteiger partial charge in [0.2, 0.25) is 5.12 Å². The Morgan fingerprint density at radius 1 is 1.39 bits per heavy atom. The average molecular weight is 279 g/mol. The average Bonchev–Trinajstić information content (AvgIpc) is 2.71. The normalized spacial score (nSPS) is 17.1. The Labute approximate surface area is 115 Å². The Balaban J connectivity index is 2.19. The van der Waals surface area contributed by atoms with Gasteiger partial charge in [-0.3, -0.25) is 4.79 Å². The first-order valence-electron chi connectivity index (χ1n) is 5.52. The maximum atomic E-state index is 11.7. The zero-order valence-electron chi connectivity index (χ0n) is 10.2. The summed E-state index contributed by atoms with van der Waals surface area (Å²) in [4.78, 5) is 16.0. The summed E-state index contributed by atoms with van der Waals surface area (Å²) in [7, 11) is 1.63. The molecule has 5 heteroatoms. The lowest BCUT2D eigenvalue weighted by atomic mass is 10.2. The number of ether oxygens (including phenoxy) is 1. The van der Waals surface area contributed by atoms with E-state index in [9.17, 15) is 4.79 Å². The van der Waals surface area contributed by atoms with Gasteiger partial charge in [-0.1, -0.05) is 30.8 Å². The molecule has 94 valence electrons. The zero-order chi connectivity index (χ0) is 13.0. The number of carbonyl (C=O) groups excluding carboxylic acids is 1. The van der Waals surface area contributed by atoms with Gasteiger partial charge in [0, 0.05) is 0 Å². The Bertz CT molecular complexity index is 506. The molecule has 1 aliphatic heterocycles. The second-order valence-corrected chi connectivity index (χ2v) is 5.98. The molecular weight excluding hydrogens is 266 g/mol. The summed E-state index contributed by atoms with van der Waals surface area (Å²) in [6.45, 7) is 2.05. The van der Waals surface area contributed by atoms with Crippen molar-refractivity contribution in [3.63, 3.8) is 0 Å². The smallest absolute Gasteiger partial charge is 0.244 e. The molecule has 0 radical (unpaired) electrons. The molecule has 0 saturated carbocycles. The minimum atomic E-state index is 0.0155. The third-order valence-electron chi connectivity index (χ3n) is 2.29. The Morgan fingerprint density at radius 3 is 2.72 bits per heavy atom. The van der Waals surface area contributed by atoms with Gasteiger partial charge in [0.15, 0.2) is 0 Å². The Kier molecular flexibility index (Phi) is 4.49. The monoisotopic (exact) mass is 279 g/mol. The van der Waals surface area contributed by atoms with Crippen LogP contribution >= 0.6 is 23.5 Å². The summed E-state index contributed by atoms with van der Waals surface area (Å²) in [6, 6.07) is 7.54. The first-order chi connectivity index (χ1) is 8.72. The third-order valence-corrected chi connectivity index (χ3v) is 4.18. The number of aliphatic imine (C=N–C) groups is 1. The summed E-state index contributed by atoms with van der Waals surface area (Å²) < 4.78 is 5.92. The van der Waals surface area contributed by atoms with Crippen molar-refractivity contribution in [2.24, 2.45) is 4.99 Å². The van der Waals surface area contributed by atoms with Crippen molar-refractivity contribution in [2.45, 2.75) is 6.92 Å². The lowest BCUT2D eigenvalue weighted by Crippen LogP contribution is -1.88. The van der Waals surface area contributed by atoms with E-state index in [4.69, 9.17) is 4.74 Å². The fourth-order valence-electron chi connectivity index (χ4n) is 1.43. The fraction of sp³-hybridized carbons (Fsp3) is 0.231. The topological polar surface area (TPSA) is 38.7 Å². The lowest BCUT2D eigenvalue weighted by Gasteiger charge is -1.99. The van der Waals surface area contributed by atoms with E-state index >= 15 is 0 Å². The van der Waals surface area contributed by atoms with Crippen molar-refractivity contribution >= 4 is 39.1 Å². The van der Waals surface area contributed by atoms with Crippen LogP contribution in [-0.4, -0.2) is 22.4 Å². The van der Waals surface area contributed by atoms with Crippen molar-refractivity contribution in [1.29, 1.82) is 0 Å². The quantitative estimate of drug-likeness (QED) is 0.795. The van der Waals surface area contributed by atoms with Gasteiger partial charge < -0.3 is 4.74 Å². The van der Waals surface area contributed by atoms with Gasteiger partial charge in [-0.25, -0.2) is 4.99 Å². The molecule has 0 bridgehead atoms. The number of hydrogen-bond donors (Lipinski definition) is 0. The third kappa shape index (κ3) is 3.17. The Morgan fingerprint density at radius 2 is 2.11 bits per heavy atom. The highest BCUT2D eigenvalue weighted by Crippen LogP contribution is 2.30. The number of benzene rings is 1. The molecule has 2 rings (SSSR count). The lowest BCUT2D eigenvalue weighted by molar-refractivity contribution is -0.107. The van der Waals surface area contributed by atoms with Crippen molar-refractivity contribution < 1.29 is 9.53 Å². The van der Waals surface area contributed by atoms with Crippen molar-refractivity contribution in [2.75, 3.05) is 12.9 Å². The van der Waals surface area contributed by atoms with Gasteiger partial charge in [-0.2, -0.15) is 0 Å². The van der Waals surface area contributed by atoms with Gasteiger partial charge in [0.05, 0.1) is 7.11 Å². The molecule has 0 aromatic heterocycles. The number of methoxy groups -OCH3 is 1. The van der Waals surface area contributed by atoms with Gasteiger partial charge in [0.1, 0.15) is 15.8 Å². The van der Waals surface area contributed by atoms with E-state index in [1.807, 2.05) is 31.2 Å². The number of hydrogen-bond acceptors (Lipinski definition) is 5. The standard InChI is InChI=1S/C13H13NO2S2/c1-3-17-13-14-11(12(15)18-13)8-9-4-6-10(16-2)7-5-9/h4-8H,3H2,1-2H3/b11-8+. The van der Waals surface area contributed by atoms with Crippen LogP contribution in [0.25, 0.3) is 6.08 Å². The van der Waals surface area contributed by atoms with E-state index in [0.717, 1.165) is 21.4 Å². The van der Waals surface area contributed by atoms with E-state index in [1.54, 1.807) is 24.9 Å². The molecule has 0 N–H and O–H groups in total. The number of thioether (sulfide) groups is 2. The summed E-state index contributed by atoms with van der Waals surface area (Å²) in [5, 5.41) is 0.0155. The van der Waals surface area contributed by atoms with Crippen molar-refractivity contribution in [3.8, 4) is 5.75 Å². The molecule has 1 aromatic carbocycles. The van der Waals surface area contributed by atoms with Crippen LogP contribution < -0.4 is 4.74 Å². The van der Waals surface area contributed by atoms with Crippen LogP contribution in [0.2, 0.25) is 0 Å². The van der Waals surface area contributed by atoms with Crippen LogP contribution in [0.3, 0.4) is 0 Å². The van der Waals surface area contributed by atoms with Crippen LogP contribution in [0.4, 0.5) is 0 Å². The second-order valence-electron chi connectivity index (χ2n) is 3.50. The Hall–Kier alpha value is -1.20. The van der Waals surface area contributed by atoms with E-state index in [1.165, 1.54) is 11.8 Å². The molecule has 0 spiro atoms. The highest BCUT2D eigenvalue weighted by molar-refractivity contribution is 8.45. The van der Waals surface area contributed by atoms with E-state index < -0.39 is 0 Å². The van der Waals surface area contributed by atoms with Crippen LogP contribution in [0.1, 0.15) is 12.5 Å². The predicted molar refractivity (Wildman–Crippen MR) is 79.1 cm³/mol. The number of carbonyl (C=O) groups is 1. The zero-order valence-corrected chi connectivity index (χ0v) is 11.8. The first-order valence-corrected chi connectivity index (χ1v) is 7.32. The van der Waals surface area contributed by atoms with Crippen molar-refractivity contribution in [1.82, 2.24) is 0 Å². The van der Waals surface area contributed by atoms with E-state index in [2.05, 4.69) is 4.99 Å². The van der Waals surface area contributed by atoms with E-state index in [-0.39, 0.29) is 5.12 Å². The highest BCUT2D eigenvalue weighted by atomic mass is 32.2. The minimum absolute atomic E-state index is 0.0155. The second kappa shape index (κ2) is 6.11. The molecule has 0 aliphatic carbocycles. The minimum Gasteiger partial charge on any atom is -0.497 e. The maximum absolute atomic E-state index is 11.7. The molecule has 1 aromatic rings. The summed E-state index contributed by atoms with van der Waals surface area (Å²) in [5.74, 6) is 1.73. The molecule has 1 heterocycles. The van der Waals surface area contributed by atoms with E-state index in [0.29, 0.717) is 5.70 Å². The molecule has 18 heavy (non-hydrogen) atoms. The molecular formula is C13H13NO2S2. The molecule has 0 fully saturated rings. The summed E-state index contributed by atoms with van der Waals surface area (Å²) in [5.41, 5.74) is 1.47. The van der Waals surface area contributed by atoms with Crippen LogP contribution in [-0.2, 0) is 4.79 Å². The number of nitrogens with zero attached hydrogens (tertiary/aromatic N) is 1. The molecule has 0 amide bonds. The predicted octanol–water partition coefficient (Wildman–Crippen LogP) is 3.42. The largest absolute Gasteiger partial charge is 0.497 e. The maximum Gasteiger partial charge on any atom is 0.244 e. The summed E-state index contributed by atoms with van der Waals surface area (Å²) >= 11 is 2.80. The van der Waals surface area contributed by atoms with Gasteiger partial charge in [-0.05, 0) is 41.3 Å². The first kappa shape index (κ1) is 13.2. The van der Waals surface area contributed by atoms with Gasteiger partial charge in [-0.15, -0.1) is 0 Å². The van der Waals surface area contributed by atoms with Gasteiger partial charge in [0.25, 0.3) is 0 Å². The van der Waals surface area contributed by atoms with Crippen LogP contribution in [0, 0.1) is 0 Å². The van der Waals surface area contributed by atoms with Gasteiger partial charge >= 0.3 is 0 Å².